The number of carboxylic acids is 1. The summed E-state index contributed by atoms with van der Waals surface area (Å²) in [6.07, 6.45) is 0. The topological polar surface area (TPSA) is 102 Å². The van der Waals surface area contributed by atoms with Crippen molar-refractivity contribution in [2.45, 2.75) is 24.3 Å². The molecule has 0 bridgehead atoms. The third-order valence-corrected chi connectivity index (χ3v) is 2.31. The molecule has 0 rings (SSSR count). The van der Waals surface area contributed by atoms with Gasteiger partial charge >= 0.3 is 5.97 Å². The maximum atomic E-state index is 12.0. The van der Waals surface area contributed by atoms with Crippen LogP contribution in [-0.4, -0.2) is 40.9 Å². The number of carboxylic acid groups (broad SMARTS) is 1. The average Bonchev–Trinajstić information content (AvgIpc) is 2.11. The van der Waals surface area contributed by atoms with Gasteiger partial charge in [0, 0.05) is 11.3 Å². The minimum atomic E-state index is -1.22. The van der Waals surface area contributed by atoms with Crippen molar-refractivity contribution < 1.29 is 14.3 Å². The Morgan fingerprint density at radius 1 is 1.71 bits per heavy atom. The summed E-state index contributed by atoms with van der Waals surface area (Å²) in [7, 11) is 0. The minimum absolute atomic E-state index is 0.364. The van der Waals surface area contributed by atoms with Gasteiger partial charge in [0.05, 0.1) is 0 Å². The van der Waals surface area contributed by atoms with Crippen LogP contribution in [0.4, 0.5) is 4.39 Å². The lowest BCUT2D eigenvalue weighted by atomic mass is 10.1. The van der Waals surface area contributed by atoms with Crippen molar-refractivity contribution >= 4 is 24.4 Å². The lowest BCUT2D eigenvalue weighted by molar-refractivity contribution is -0.138. The summed E-state index contributed by atoms with van der Waals surface area (Å²) in [5.74, 6) is -1.59. The van der Waals surface area contributed by atoms with Crippen molar-refractivity contribution in [1.82, 2.24) is 0 Å². The van der Waals surface area contributed by atoms with Gasteiger partial charge in [-0.15, -0.1) is 0 Å². The first kappa shape index (κ1) is 13.2. The van der Waals surface area contributed by atoms with E-state index in [-0.39, 0.29) is 5.84 Å². The van der Waals surface area contributed by atoms with E-state index in [0.717, 1.165) is 0 Å². The molecule has 0 aromatic rings. The Morgan fingerprint density at radius 3 is 2.50 bits per heavy atom. The summed E-state index contributed by atoms with van der Waals surface area (Å²) >= 11 is 3.98. The van der Waals surface area contributed by atoms with E-state index >= 15 is 0 Å². The highest BCUT2D eigenvalue weighted by Gasteiger charge is 2.27. The molecule has 0 saturated heterocycles. The Kier molecular flexibility index (Phi) is 5.47. The Hall–Kier alpha value is -0.820. The maximum absolute atomic E-state index is 12.0. The predicted octanol–water partition coefficient (Wildman–Crippen LogP) is -0.588. The van der Waals surface area contributed by atoms with E-state index < -0.39 is 30.0 Å². The zero-order chi connectivity index (χ0) is 11.3. The predicted molar refractivity (Wildman–Crippen MR) is 55.4 cm³/mol. The van der Waals surface area contributed by atoms with Crippen LogP contribution in [0.15, 0.2) is 4.99 Å². The molecule has 5 nitrogen and oxygen atoms in total. The fourth-order valence-electron chi connectivity index (χ4n) is 0.778. The highest BCUT2D eigenvalue weighted by molar-refractivity contribution is 7.81. The first-order valence-corrected chi connectivity index (χ1v) is 4.46. The van der Waals surface area contributed by atoms with E-state index in [1.807, 2.05) is 0 Å². The largest absolute Gasteiger partial charge is 0.480 e. The summed E-state index contributed by atoms with van der Waals surface area (Å²) < 4.78 is 12.0. The molecule has 0 aromatic heterocycles. The zero-order valence-electron chi connectivity index (χ0n) is 7.72. The number of halogens is 1. The van der Waals surface area contributed by atoms with E-state index in [4.69, 9.17) is 16.6 Å². The van der Waals surface area contributed by atoms with Gasteiger partial charge in [-0.2, -0.15) is 12.6 Å². The van der Waals surface area contributed by atoms with Gasteiger partial charge in [0.1, 0.15) is 12.5 Å². The summed E-state index contributed by atoms with van der Waals surface area (Å²) in [6.45, 7) is 0.609. The Morgan fingerprint density at radius 2 is 2.21 bits per heavy atom. The number of rotatable bonds is 5. The summed E-state index contributed by atoms with van der Waals surface area (Å²) in [4.78, 5) is 14.2. The van der Waals surface area contributed by atoms with Crippen LogP contribution in [0, 0.1) is 0 Å². The van der Waals surface area contributed by atoms with Gasteiger partial charge in [-0.25, -0.2) is 9.18 Å². The zero-order valence-corrected chi connectivity index (χ0v) is 8.62. The second-order valence-corrected chi connectivity index (χ2v) is 3.48. The summed E-state index contributed by atoms with van der Waals surface area (Å²) in [5.41, 5.74) is 10.5. The van der Waals surface area contributed by atoms with Crippen LogP contribution in [0.1, 0.15) is 6.92 Å². The molecule has 0 aliphatic heterocycles. The van der Waals surface area contributed by atoms with Crippen LogP contribution in [0.5, 0.6) is 0 Å². The highest BCUT2D eigenvalue weighted by atomic mass is 32.1. The number of aliphatic imine (C=N–C) groups is 1. The third-order valence-electron chi connectivity index (χ3n) is 1.56. The van der Waals surface area contributed by atoms with Crippen molar-refractivity contribution in [2.75, 3.05) is 6.67 Å². The molecule has 0 aliphatic rings. The number of hydrogen-bond acceptors (Lipinski definition) is 4. The molecule has 5 N–H and O–H groups in total. The van der Waals surface area contributed by atoms with E-state index in [9.17, 15) is 9.18 Å². The van der Waals surface area contributed by atoms with Crippen LogP contribution < -0.4 is 11.5 Å². The second kappa shape index (κ2) is 5.82. The van der Waals surface area contributed by atoms with Crippen molar-refractivity contribution in [1.29, 1.82) is 0 Å². The smallest absolute Gasteiger partial charge is 0.329 e. The fourth-order valence-corrected chi connectivity index (χ4v) is 0.973. The van der Waals surface area contributed by atoms with Crippen LogP contribution >= 0.6 is 12.6 Å². The molecular weight excluding hydrogens is 209 g/mol. The van der Waals surface area contributed by atoms with E-state index in [1.54, 1.807) is 6.92 Å². The first-order chi connectivity index (χ1) is 6.40. The monoisotopic (exact) mass is 223 g/mol. The molecule has 14 heavy (non-hydrogen) atoms. The Balaban J connectivity index is 4.69. The van der Waals surface area contributed by atoms with Gasteiger partial charge in [-0.05, 0) is 6.92 Å². The molecule has 0 spiro atoms. The Bertz CT molecular complexity index is 235. The standard InChI is InChI=1S/C7H14FN3O2S/c1-3(9)6(14)5(7(12)13)11-4(10)2-8/h3,5-6,14H,2,9H2,1H3,(H2,10,11)(H,12,13)/t3?,5-,6?/m0/s1. The van der Waals surface area contributed by atoms with E-state index in [2.05, 4.69) is 17.6 Å². The molecule has 0 amide bonds. The number of hydrogen-bond donors (Lipinski definition) is 4. The molecule has 0 heterocycles. The van der Waals surface area contributed by atoms with Gasteiger partial charge in [0.25, 0.3) is 0 Å². The molecule has 0 aliphatic carbocycles. The van der Waals surface area contributed by atoms with E-state index in [0.29, 0.717) is 0 Å². The summed E-state index contributed by atoms with van der Waals surface area (Å²) in [6, 6.07) is -1.69. The minimum Gasteiger partial charge on any atom is -0.480 e. The van der Waals surface area contributed by atoms with Crippen molar-refractivity contribution in [3.63, 3.8) is 0 Å². The highest BCUT2D eigenvalue weighted by Crippen LogP contribution is 2.10. The average molecular weight is 223 g/mol. The quantitative estimate of drug-likeness (QED) is 0.284. The van der Waals surface area contributed by atoms with Crippen LogP contribution in [0.25, 0.3) is 0 Å². The second-order valence-electron chi connectivity index (χ2n) is 2.89. The number of aliphatic carboxylic acids is 1. The summed E-state index contributed by atoms with van der Waals surface area (Å²) in [5, 5.41) is 8.05. The van der Waals surface area contributed by atoms with Crippen molar-refractivity contribution in [3.8, 4) is 0 Å². The molecule has 0 fully saturated rings. The van der Waals surface area contributed by atoms with Gasteiger partial charge in [0.2, 0.25) is 0 Å². The maximum Gasteiger partial charge on any atom is 0.329 e. The molecule has 3 atom stereocenters. The lowest BCUT2D eigenvalue weighted by Crippen LogP contribution is -2.41. The number of nitrogens with zero attached hydrogens (tertiary/aromatic N) is 1. The van der Waals surface area contributed by atoms with Gasteiger partial charge in [-0.3, -0.25) is 4.99 Å². The molecule has 7 heteroatoms. The fraction of sp³-hybridized carbons (Fsp3) is 0.714. The first-order valence-electron chi connectivity index (χ1n) is 3.94. The van der Waals surface area contributed by atoms with Crippen LogP contribution in [0.3, 0.4) is 0 Å². The SMILES string of the molecule is CC(N)C(S)[C@H](N=C(N)CF)C(=O)O. The lowest BCUT2D eigenvalue weighted by Gasteiger charge is -2.19. The number of alkyl halides is 1. The molecule has 82 valence electrons. The van der Waals surface area contributed by atoms with Gasteiger partial charge in [-0.1, -0.05) is 0 Å². The molecular formula is C7H14FN3O2S. The Labute approximate surface area is 86.8 Å². The third kappa shape index (κ3) is 3.93. The van der Waals surface area contributed by atoms with Crippen LogP contribution in [0.2, 0.25) is 0 Å². The normalized spacial score (nSPS) is 18.7. The number of carbonyl (C=O) groups is 1. The number of nitrogens with two attached hydrogens (primary N) is 2. The molecule has 0 radical (unpaired) electrons. The van der Waals surface area contributed by atoms with Crippen molar-refractivity contribution in [2.24, 2.45) is 16.5 Å². The molecule has 2 unspecified atom stereocenters. The van der Waals surface area contributed by atoms with Crippen molar-refractivity contribution in [3.05, 3.63) is 0 Å². The molecule has 0 saturated carbocycles. The number of thiol groups is 1. The van der Waals surface area contributed by atoms with Crippen LogP contribution in [-0.2, 0) is 4.79 Å². The van der Waals surface area contributed by atoms with Gasteiger partial charge in [0.15, 0.2) is 6.04 Å². The van der Waals surface area contributed by atoms with Gasteiger partial charge < -0.3 is 16.6 Å². The van der Waals surface area contributed by atoms with E-state index in [1.165, 1.54) is 0 Å². The molecule has 0 aromatic carbocycles. The number of amidine groups is 1.